The van der Waals surface area contributed by atoms with Crippen LogP contribution in [0, 0.1) is 6.92 Å². The van der Waals surface area contributed by atoms with Gasteiger partial charge in [-0.1, -0.05) is 48.0 Å². The molecule has 0 aliphatic heterocycles. The number of nitrogens with one attached hydrogen (secondary N) is 1. The molecule has 18 heavy (non-hydrogen) atoms. The standard InChI is InChI=1S/C15H16N2O/c1-11-6-5-7-12(10-11)14(15(16)18)17-13-8-3-2-4-9-13/h2-10,14,17H,1H3,(H2,16,18). The first-order chi connectivity index (χ1) is 8.66. The van der Waals surface area contributed by atoms with Gasteiger partial charge in [-0.2, -0.15) is 0 Å². The minimum atomic E-state index is -0.507. The quantitative estimate of drug-likeness (QED) is 0.863. The monoisotopic (exact) mass is 240 g/mol. The molecule has 0 aliphatic rings. The van der Waals surface area contributed by atoms with Crippen LogP contribution in [0.4, 0.5) is 5.69 Å². The SMILES string of the molecule is Cc1cccc(C(Nc2ccccc2)C(N)=O)c1. The molecule has 2 aromatic carbocycles. The summed E-state index contributed by atoms with van der Waals surface area (Å²) >= 11 is 0. The van der Waals surface area contributed by atoms with Crippen molar-refractivity contribution < 1.29 is 4.79 Å². The zero-order chi connectivity index (χ0) is 13.0. The second kappa shape index (κ2) is 5.36. The summed E-state index contributed by atoms with van der Waals surface area (Å²) in [5.74, 6) is -0.385. The number of aryl methyl sites for hydroxylation is 1. The summed E-state index contributed by atoms with van der Waals surface area (Å²) in [5, 5.41) is 3.15. The molecule has 1 unspecified atom stereocenters. The van der Waals surface area contributed by atoms with Gasteiger partial charge in [-0.05, 0) is 24.6 Å². The Morgan fingerprint density at radius 3 is 2.44 bits per heavy atom. The molecule has 0 aliphatic carbocycles. The maximum absolute atomic E-state index is 11.6. The molecule has 3 heteroatoms. The highest BCUT2D eigenvalue weighted by Crippen LogP contribution is 2.20. The third kappa shape index (κ3) is 2.88. The summed E-state index contributed by atoms with van der Waals surface area (Å²) in [6.45, 7) is 1.99. The fourth-order valence-electron chi connectivity index (χ4n) is 1.87. The number of nitrogens with two attached hydrogens (primary N) is 1. The fraction of sp³-hybridized carbons (Fsp3) is 0.133. The lowest BCUT2D eigenvalue weighted by Gasteiger charge is -2.17. The van der Waals surface area contributed by atoms with Crippen molar-refractivity contribution in [2.45, 2.75) is 13.0 Å². The fourth-order valence-corrected chi connectivity index (χ4v) is 1.87. The first-order valence-corrected chi connectivity index (χ1v) is 5.84. The predicted octanol–water partition coefficient (Wildman–Crippen LogP) is 2.63. The smallest absolute Gasteiger partial charge is 0.244 e. The van der Waals surface area contributed by atoms with E-state index < -0.39 is 6.04 Å². The molecule has 3 nitrogen and oxygen atoms in total. The van der Waals surface area contributed by atoms with Crippen LogP contribution in [-0.2, 0) is 4.79 Å². The minimum absolute atomic E-state index is 0.385. The van der Waals surface area contributed by atoms with Gasteiger partial charge < -0.3 is 11.1 Å². The highest BCUT2D eigenvalue weighted by Gasteiger charge is 2.17. The molecule has 0 radical (unpaired) electrons. The Kier molecular flexibility index (Phi) is 3.63. The number of hydrogen-bond donors (Lipinski definition) is 2. The summed E-state index contributed by atoms with van der Waals surface area (Å²) in [4.78, 5) is 11.6. The zero-order valence-electron chi connectivity index (χ0n) is 10.3. The molecule has 0 heterocycles. The van der Waals surface area contributed by atoms with Gasteiger partial charge in [0.1, 0.15) is 6.04 Å². The summed E-state index contributed by atoms with van der Waals surface area (Å²) in [6, 6.07) is 16.8. The molecule has 1 amide bonds. The van der Waals surface area contributed by atoms with Crippen molar-refractivity contribution in [1.82, 2.24) is 0 Å². The second-order valence-electron chi connectivity index (χ2n) is 4.26. The maximum atomic E-state index is 11.6. The zero-order valence-corrected chi connectivity index (χ0v) is 10.3. The van der Waals surface area contributed by atoms with Crippen LogP contribution in [0.1, 0.15) is 17.2 Å². The average Bonchev–Trinajstić information content (AvgIpc) is 2.37. The van der Waals surface area contributed by atoms with Crippen LogP contribution in [0.2, 0.25) is 0 Å². The van der Waals surface area contributed by atoms with Crippen LogP contribution >= 0.6 is 0 Å². The largest absolute Gasteiger partial charge is 0.370 e. The van der Waals surface area contributed by atoms with Gasteiger partial charge in [0, 0.05) is 5.69 Å². The van der Waals surface area contributed by atoms with E-state index in [-0.39, 0.29) is 5.91 Å². The van der Waals surface area contributed by atoms with E-state index in [1.54, 1.807) is 0 Å². The van der Waals surface area contributed by atoms with Crippen molar-refractivity contribution in [3.63, 3.8) is 0 Å². The van der Waals surface area contributed by atoms with E-state index in [9.17, 15) is 4.79 Å². The molecular formula is C15H16N2O. The molecule has 0 saturated carbocycles. The van der Waals surface area contributed by atoms with Crippen LogP contribution < -0.4 is 11.1 Å². The maximum Gasteiger partial charge on any atom is 0.244 e. The molecule has 0 spiro atoms. The first-order valence-electron chi connectivity index (χ1n) is 5.84. The molecule has 0 aromatic heterocycles. The number of anilines is 1. The van der Waals surface area contributed by atoms with Gasteiger partial charge in [-0.25, -0.2) is 0 Å². The number of rotatable bonds is 4. The van der Waals surface area contributed by atoms with E-state index in [1.807, 2.05) is 61.5 Å². The van der Waals surface area contributed by atoms with Crippen molar-refractivity contribution in [3.8, 4) is 0 Å². The molecule has 0 bridgehead atoms. The van der Waals surface area contributed by atoms with Crippen molar-refractivity contribution in [2.24, 2.45) is 5.73 Å². The number of hydrogen-bond acceptors (Lipinski definition) is 2. The van der Waals surface area contributed by atoms with Crippen LogP contribution in [0.3, 0.4) is 0 Å². The van der Waals surface area contributed by atoms with E-state index in [4.69, 9.17) is 5.73 Å². The van der Waals surface area contributed by atoms with Crippen LogP contribution in [0.25, 0.3) is 0 Å². The van der Waals surface area contributed by atoms with Crippen molar-refractivity contribution in [1.29, 1.82) is 0 Å². The summed E-state index contributed by atoms with van der Waals surface area (Å²) in [7, 11) is 0. The van der Waals surface area contributed by atoms with Crippen molar-refractivity contribution in [2.75, 3.05) is 5.32 Å². The third-order valence-electron chi connectivity index (χ3n) is 2.74. The van der Waals surface area contributed by atoms with Crippen LogP contribution in [0.5, 0.6) is 0 Å². The molecule has 2 rings (SSSR count). The third-order valence-corrected chi connectivity index (χ3v) is 2.74. The number of amides is 1. The Morgan fingerprint density at radius 1 is 1.11 bits per heavy atom. The lowest BCUT2D eigenvalue weighted by molar-refractivity contribution is -0.118. The Bertz CT molecular complexity index is 537. The van der Waals surface area contributed by atoms with E-state index in [0.717, 1.165) is 16.8 Å². The molecule has 2 aromatic rings. The van der Waals surface area contributed by atoms with E-state index in [2.05, 4.69) is 5.32 Å². The Labute approximate surface area is 107 Å². The topological polar surface area (TPSA) is 55.1 Å². The van der Waals surface area contributed by atoms with Gasteiger partial charge in [0.2, 0.25) is 5.91 Å². The Hall–Kier alpha value is -2.29. The number of para-hydroxylation sites is 1. The molecule has 0 saturated heterocycles. The minimum Gasteiger partial charge on any atom is -0.370 e. The van der Waals surface area contributed by atoms with Gasteiger partial charge in [0.05, 0.1) is 0 Å². The molecule has 92 valence electrons. The molecule has 3 N–H and O–H groups in total. The Balaban J connectivity index is 2.27. The number of benzene rings is 2. The van der Waals surface area contributed by atoms with Crippen molar-refractivity contribution in [3.05, 3.63) is 65.7 Å². The Morgan fingerprint density at radius 2 is 1.83 bits per heavy atom. The number of carbonyl (C=O) groups excluding carboxylic acids is 1. The van der Waals surface area contributed by atoms with Gasteiger partial charge in [0.15, 0.2) is 0 Å². The van der Waals surface area contributed by atoms with E-state index in [0.29, 0.717) is 0 Å². The summed E-state index contributed by atoms with van der Waals surface area (Å²) in [5.41, 5.74) is 8.33. The van der Waals surface area contributed by atoms with E-state index >= 15 is 0 Å². The van der Waals surface area contributed by atoms with Crippen LogP contribution in [0.15, 0.2) is 54.6 Å². The van der Waals surface area contributed by atoms with Crippen LogP contribution in [-0.4, -0.2) is 5.91 Å². The van der Waals surface area contributed by atoms with Gasteiger partial charge in [0.25, 0.3) is 0 Å². The second-order valence-corrected chi connectivity index (χ2v) is 4.26. The average molecular weight is 240 g/mol. The first kappa shape index (κ1) is 12.2. The van der Waals surface area contributed by atoms with Crippen molar-refractivity contribution >= 4 is 11.6 Å². The highest BCUT2D eigenvalue weighted by molar-refractivity contribution is 5.84. The lowest BCUT2D eigenvalue weighted by atomic mass is 10.0. The molecule has 0 fully saturated rings. The number of primary amides is 1. The summed E-state index contributed by atoms with van der Waals surface area (Å²) < 4.78 is 0. The number of carbonyl (C=O) groups is 1. The van der Waals surface area contributed by atoms with Gasteiger partial charge in [-0.15, -0.1) is 0 Å². The van der Waals surface area contributed by atoms with Gasteiger partial charge in [-0.3, -0.25) is 4.79 Å². The summed E-state index contributed by atoms with van der Waals surface area (Å²) in [6.07, 6.45) is 0. The highest BCUT2D eigenvalue weighted by atomic mass is 16.1. The molecule has 1 atom stereocenters. The normalized spacial score (nSPS) is 11.8. The van der Waals surface area contributed by atoms with Gasteiger partial charge >= 0.3 is 0 Å². The predicted molar refractivity (Wildman–Crippen MR) is 73.2 cm³/mol. The van der Waals surface area contributed by atoms with E-state index in [1.165, 1.54) is 0 Å². The lowest BCUT2D eigenvalue weighted by Crippen LogP contribution is -2.27. The molecular weight excluding hydrogens is 224 g/mol.